The molecule has 0 aliphatic carbocycles. The van der Waals surface area contributed by atoms with Gasteiger partial charge in [0, 0.05) is 6.54 Å². The predicted molar refractivity (Wildman–Crippen MR) is 88.0 cm³/mol. The summed E-state index contributed by atoms with van der Waals surface area (Å²) in [4.78, 5) is 37.5. The molecule has 2 aliphatic rings. The Balaban J connectivity index is 1.88. The van der Waals surface area contributed by atoms with Gasteiger partial charge < -0.3 is 9.47 Å². The first-order chi connectivity index (χ1) is 11.8. The van der Waals surface area contributed by atoms with Crippen LogP contribution < -0.4 is 0 Å². The number of fused-ring (bicyclic) bond motifs is 1. The van der Waals surface area contributed by atoms with Gasteiger partial charge in [-0.2, -0.15) is 0 Å². The van der Waals surface area contributed by atoms with Crippen molar-refractivity contribution >= 4 is 18.0 Å². The fraction of sp³-hybridized carbons (Fsp3) is 0.500. The van der Waals surface area contributed by atoms with Gasteiger partial charge in [0.05, 0.1) is 0 Å². The Bertz CT molecular complexity index is 682. The largest absolute Gasteiger partial charge is 0.459 e. The fourth-order valence-electron chi connectivity index (χ4n) is 3.06. The molecule has 7 heteroatoms. The van der Waals surface area contributed by atoms with Crippen LogP contribution in [0.1, 0.15) is 38.8 Å². The minimum Gasteiger partial charge on any atom is -0.459 e. The average Bonchev–Trinajstić information content (AvgIpc) is 2.55. The summed E-state index contributed by atoms with van der Waals surface area (Å²) in [7, 11) is 0. The number of amides is 2. The van der Waals surface area contributed by atoms with Gasteiger partial charge in [0.2, 0.25) is 0 Å². The van der Waals surface area contributed by atoms with Gasteiger partial charge in [0.15, 0.2) is 0 Å². The second-order valence-electron chi connectivity index (χ2n) is 7.18. The van der Waals surface area contributed by atoms with E-state index in [0.29, 0.717) is 0 Å². The molecule has 2 saturated heterocycles. The van der Waals surface area contributed by atoms with Crippen LogP contribution in [0, 0.1) is 5.92 Å². The van der Waals surface area contributed by atoms with Crippen LogP contribution in [-0.4, -0.2) is 46.7 Å². The molecule has 25 heavy (non-hydrogen) atoms. The number of nitrogens with zero attached hydrogens (tertiary/aromatic N) is 2. The molecule has 1 aromatic rings. The molecule has 2 aliphatic heterocycles. The van der Waals surface area contributed by atoms with E-state index in [2.05, 4.69) is 0 Å². The van der Waals surface area contributed by atoms with E-state index in [1.807, 2.05) is 30.3 Å². The molecule has 3 rings (SSSR count). The molecule has 0 N–H and O–H groups in total. The fourth-order valence-corrected chi connectivity index (χ4v) is 3.06. The van der Waals surface area contributed by atoms with Crippen molar-refractivity contribution in [2.75, 3.05) is 13.2 Å². The Morgan fingerprint density at radius 1 is 1.20 bits per heavy atom. The minimum absolute atomic E-state index is 0.0616. The van der Waals surface area contributed by atoms with Gasteiger partial charge in [-0.05, 0) is 32.8 Å². The molecule has 2 heterocycles. The second kappa shape index (κ2) is 6.38. The Morgan fingerprint density at radius 2 is 1.88 bits per heavy atom. The highest BCUT2D eigenvalue weighted by molar-refractivity contribution is 5.99. The van der Waals surface area contributed by atoms with Crippen molar-refractivity contribution in [2.45, 2.75) is 38.8 Å². The third kappa shape index (κ3) is 3.45. The normalized spacial score (nSPS) is 23.8. The number of rotatable bonds is 2. The summed E-state index contributed by atoms with van der Waals surface area (Å²) in [6.45, 7) is 5.57. The van der Waals surface area contributed by atoms with E-state index >= 15 is 0 Å². The van der Waals surface area contributed by atoms with E-state index in [1.54, 1.807) is 20.8 Å². The lowest BCUT2D eigenvalue weighted by atomic mass is 9.98. The maximum absolute atomic E-state index is 13.0. The van der Waals surface area contributed by atoms with Crippen LogP contribution in [-0.2, 0) is 19.1 Å². The molecule has 0 unspecified atom stereocenters. The maximum Gasteiger partial charge on any atom is 0.428 e. The molecule has 134 valence electrons. The summed E-state index contributed by atoms with van der Waals surface area (Å²) in [6.07, 6.45) is -0.343. The number of carbonyl (C=O) groups is 3. The van der Waals surface area contributed by atoms with Crippen LogP contribution in [0.25, 0.3) is 0 Å². The van der Waals surface area contributed by atoms with E-state index in [0.717, 1.165) is 5.56 Å². The summed E-state index contributed by atoms with van der Waals surface area (Å²) < 4.78 is 10.6. The smallest absolute Gasteiger partial charge is 0.428 e. The monoisotopic (exact) mass is 346 g/mol. The van der Waals surface area contributed by atoms with Gasteiger partial charge in [-0.3, -0.25) is 9.59 Å². The molecule has 1 aromatic carbocycles. The Labute approximate surface area is 146 Å². The summed E-state index contributed by atoms with van der Waals surface area (Å²) in [6, 6.07) is 8.87. The van der Waals surface area contributed by atoms with Crippen molar-refractivity contribution in [1.29, 1.82) is 0 Å². The number of cyclic esters (lactones) is 1. The summed E-state index contributed by atoms with van der Waals surface area (Å²) in [5.41, 5.74) is 0.173. The topological polar surface area (TPSA) is 76.2 Å². The first-order valence-corrected chi connectivity index (χ1v) is 8.33. The summed E-state index contributed by atoms with van der Waals surface area (Å²) in [5.74, 6) is -1.89. The van der Waals surface area contributed by atoms with Gasteiger partial charge in [-0.15, -0.1) is 0 Å². The van der Waals surface area contributed by atoms with Gasteiger partial charge in [-0.1, -0.05) is 30.3 Å². The molecule has 0 bridgehead atoms. The Hall–Kier alpha value is -2.57. The molecule has 7 nitrogen and oxygen atoms in total. The van der Waals surface area contributed by atoms with Crippen LogP contribution in [0.15, 0.2) is 30.3 Å². The molecule has 2 fully saturated rings. The number of carbonyl (C=O) groups excluding carboxylic acids is 3. The lowest BCUT2D eigenvalue weighted by Crippen LogP contribution is -2.62. The molecule has 2 amide bonds. The van der Waals surface area contributed by atoms with Gasteiger partial charge in [-0.25, -0.2) is 14.8 Å². The Morgan fingerprint density at radius 3 is 2.52 bits per heavy atom. The van der Waals surface area contributed by atoms with E-state index < -0.39 is 35.5 Å². The van der Waals surface area contributed by atoms with E-state index in [9.17, 15) is 14.4 Å². The van der Waals surface area contributed by atoms with Crippen molar-refractivity contribution in [3.8, 4) is 0 Å². The van der Waals surface area contributed by atoms with Crippen molar-refractivity contribution in [2.24, 2.45) is 5.92 Å². The average molecular weight is 346 g/mol. The molecule has 0 radical (unpaired) electrons. The number of esters is 1. The van der Waals surface area contributed by atoms with E-state index in [-0.39, 0.29) is 19.6 Å². The molecule has 0 spiro atoms. The zero-order valence-electron chi connectivity index (χ0n) is 14.6. The maximum atomic E-state index is 13.0. The molecule has 2 atom stereocenters. The van der Waals surface area contributed by atoms with Crippen LogP contribution in [0.4, 0.5) is 4.79 Å². The van der Waals surface area contributed by atoms with Crippen molar-refractivity contribution < 1.29 is 23.9 Å². The van der Waals surface area contributed by atoms with Crippen molar-refractivity contribution in [3.63, 3.8) is 0 Å². The number of hydrogen-bond donors (Lipinski definition) is 0. The molecule has 0 aromatic heterocycles. The highest BCUT2D eigenvalue weighted by Gasteiger charge is 2.48. The zero-order valence-corrected chi connectivity index (χ0v) is 14.6. The summed E-state index contributed by atoms with van der Waals surface area (Å²) >= 11 is 0. The molecule has 0 saturated carbocycles. The third-order valence-corrected chi connectivity index (χ3v) is 4.16. The SMILES string of the molecule is CC(C)(C)OC(=O)[C@H]1CCN2C(=O)OC[C@@H](c3ccccc3)N2C1=O. The van der Waals surface area contributed by atoms with Crippen LogP contribution >= 0.6 is 0 Å². The summed E-state index contributed by atoms with van der Waals surface area (Å²) in [5, 5.41) is 2.64. The zero-order chi connectivity index (χ0) is 18.2. The van der Waals surface area contributed by atoms with E-state index in [4.69, 9.17) is 9.47 Å². The van der Waals surface area contributed by atoms with Gasteiger partial charge >= 0.3 is 12.1 Å². The number of benzene rings is 1. The van der Waals surface area contributed by atoms with Crippen LogP contribution in [0.3, 0.4) is 0 Å². The Kier molecular flexibility index (Phi) is 4.41. The van der Waals surface area contributed by atoms with Crippen LogP contribution in [0.2, 0.25) is 0 Å². The lowest BCUT2D eigenvalue weighted by Gasteiger charge is -2.47. The van der Waals surface area contributed by atoms with Crippen molar-refractivity contribution in [3.05, 3.63) is 35.9 Å². The van der Waals surface area contributed by atoms with Crippen LogP contribution in [0.5, 0.6) is 0 Å². The third-order valence-electron chi connectivity index (χ3n) is 4.16. The molecular formula is C18H22N2O5. The highest BCUT2D eigenvalue weighted by atomic mass is 16.6. The number of hydrazine groups is 1. The van der Waals surface area contributed by atoms with Gasteiger partial charge in [0.1, 0.15) is 24.2 Å². The quantitative estimate of drug-likeness (QED) is 0.607. The van der Waals surface area contributed by atoms with Gasteiger partial charge in [0.25, 0.3) is 5.91 Å². The van der Waals surface area contributed by atoms with Crippen molar-refractivity contribution in [1.82, 2.24) is 10.0 Å². The minimum atomic E-state index is -0.910. The lowest BCUT2D eigenvalue weighted by molar-refractivity contribution is -0.187. The number of ether oxygens (including phenoxy) is 2. The first kappa shape index (κ1) is 17.3. The second-order valence-corrected chi connectivity index (χ2v) is 7.18. The van der Waals surface area contributed by atoms with E-state index in [1.165, 1.54) is 10.0 Å². The predicted octanol–water partition coefficient (Wildman–Crippen LogP) is 2.29. The number of hydrogen-bond acceptors (Lipinski definition) is 5. The highest BCUT2D eigenvalue weighted by Crippen LogP contribution is 2.33. The first-order valence-electron chi connectivity index (χ1n) is 8.33. The standard InChI is InChI=1S/C18H22N2O5/c1-18(2,3)25-16(22)13-9-10-19-17(23)24-11-14(20(19)15(13)21)12-7-5-4-6-8-12/h4-8,13-14H,9-11H2,1-3H3/t13-,14-/m0/s1. The molecular weight excluding hydrogens is 324 g/mol.